The van der Waals surface area contributed by atoms with Gasteiger partial charge in [0.25, 0.3) is 11.5 Å². The summed E-state index contributed by atoms with van der Waals surface area (Å²) in [5.74, 6) is -0.895. The number of nitrogens with zero attached hydrogens (tertiary/aromatic N) is 3. The number of hydrogen-bond donors (Lipinski definition) is 1. The van der Waals surface area contributed by atoms with Gasteiger partial charge in [-0.2, -0.15) is 5.10 Å². The molecule has 0 unspecified atom stereocenters. The molecular formula is C24H18BrFN4O2S. The largest absolute Gasteiger partial charge is 0.272 e. The highest BCUT2D eigenvalue weighted by atomic mass is 79.9. The van der Waals surface area contributed by atoms with Crippen LogP contribution < -0.4 is 11.0 Å². The predicted molar refractivity (Wildman–Crippen MR) is 133 cm³/mol. The molecule has 0 radical (unpaired) electrons. The summed E-state index contributed by atoms with van der Waals surface area (Å²) in [5, 5.41) is 4.72. The molecule has 9 heteroatoms. The van der Waals surface area contributed by atoms with Gasteiger partial charge in [-0.1, -0.05) is 58.0 Å². The van der Waals surface area contributed by atoms with Gasteiger partial charge in [-0.15, -0.1) is 0 Å². The number of thioether (sulfide) groups is 1. The lowest BCUT2D eigenvalue weighted by atomic mass is 10.2. The Labute approximate surface area is 201 Å². The molecule has 33 heavy (non-hydrogen) atoms. The SMILES string of the molecule is Cc1ccccc1-n1c(SCC(=O)N/N=C\c2cc(Br)ccc2F)nc2ccccc2c1=O. The molecule has 3 aromatic carbocycles. The molecule has 6 nitrogen and oxygen atoms in total. The van der Waals surface area contributed by atoms with Crippen LogP contribution in [0.15, 0.2) is 86.3 Å². The zero-order valence-electron chi connectivity index (χ0n) is 17.5. The van der Waals surface area contributed by atoms with Crippen molar-refractivity contribution in [1.82, 2.24) is 15.0 Å². The average Bonchev–Trinajstić information content (AvgIpc) is 2.81. The Kier molecular flexibility index (Phi) is 7.00. The summed E-state index contributed by atoms with van der Waals surface area (Å²) in [6.45, 7) is 1.91. The number of aryl methyl sites for hydroxylation is 1. The molecule has 0 bridgehead atoms. The number of halogens is 2. The molecule has 0 aliphatic carbocycles. The Bertz CT molecular complexity index is 1440. The van der Waals surface area contributed by atoms with Crippen LogP contribution in [0, 0.1) is 12.7 Å². The van der Waals surface area contributed by atoms with Crippen molar-refractivity contribution in [3.63, 3.8) is 0 Å². The maximum absolute atomic E-state index is 13.8. The molecule has 0 saturated carbocycles. The Morgan fingerprint density at radius 2 is 1.94 bits per heavy atom. The zero-order valence-corrected chi connectivity index (χ0v) is 19.9. The van der Waals surface area contributed by atoms with Crippen molar-refractivity contribution in [2.75, 3.05) is 5.75 Å². The van der Waals surface area contributed by atoms with E-state index in [2.05, 4.69) is 31.4 Å². The zero-order chi connectivity index (χ0) is 23.4. The van der Waals surface area contributed by atoms with Crippen molar-refractivity contribution < 1.29 is 9.18 Å². The monoisotopic (exact) mass is 524 g/mol. The summed E-state index contributed by atoms with van der Waals surface area (Å²) in [5.41, 5.74) is 4.57. The van der Waals surface area contributed by atoms with E-state index in [-0.39, 0.29) is 16.9 Å². The Morgan fingerprint density at radius 3 is 2.76 bits per heavy atom. The first kappa shape index (κ1) is 22.9. The number of hydrazone groups is 1. The van der Waals surface area contributed by atoms with E-state index in [4.69, 9.17) is 0 Å². The van der Waals surface area contributed by atoms with Gasteiger partial charge in [-0.05, 0) is 48.9 Å². The molecular weight excluding hydrogens is 507 g/mol. The molecule has 0 aliphatic heterocycles. The van der Waals surface area contributed by atoms with Gasteiger partial charge in [0.15, 0.2) is 5.16 Å². The number of carbonyl (C=O) groups excluding carboxylic acids is 1. The average molecular weight is 525 g/mol. The van der Waals surface area contributed by atoms with Gasteiger partial charge in [0.05, 0.1) is 28.6 Å². The third-order valence-corrected chi connectivity index (χ3v) is 6.22. The normalized spacial score (nSPS) is 11.2. The summed E-state index contributed by atoms with van der Waals surface area (Å²) in [6, 6.07) is 19.0. The Balaban J connectivity index is 1.58. The number of aromatic nitrogens is 2. The minimum atomic E-state index is -0.451. The molecule has 0 fully saturated rings. The van der Waals surface area contributed by atoms with Gasteiger partial charge in [0.1, 0.15) is 5.82 Å². The minimum Gasteiger partial charge on any atom is -0.272 e. The molecule has 4 rings (SSSR count). The van der Waals surface area contributed by atoms with E-state index < -0.39 is 11.7 Å². The summed E-state index contributed by atoms with van der Waals surface area (Å²) >= 11 is 4.39. The summed E-state index contributed by atoms with van der Waals surface area (Å²) in [6.07, 6.45) is 1.24. The van der Waals surface area contributed by atoms with Crippen LogP contribution in [-0.4, -0.2) is 27.4 Å². The van der Waals surface area contributed by atoms with E-state index in [1.165, 1.54) is 16.8 Å². The molecule has 0 aliphatic rings. The number of carbonyl (C=O) groups is 1. The Hall–Kier alpha value is -3.30. The first-order valence-electron chi connectivity index (χ1n) is 9.91. The lowest BCUT2D eigenvalue weighted by Crippen LogP contribution is -2.24. The van der Waals surface area contributed by atoms with Gasteiger partial charge in [-0.3, -0.25) is 14.2 Å². The first-order chi connectivity index (χ1) is 15.9. The minimum absolute atomic E-state index is 0.0328. The fraction of sp³-hybridized carbons (Fsp3) is 0.0833. The number of amides is 1. The second-order valence-electron chi connectivity index (χ2n) is 7.09. The summed E-state index contributed by atoms with van der Waals surface area (Å²) < 4.78 is 16.0. The maximum atomic E-state index is 13.8. The van der Waals surface area contributed by atoms with Gasteiger partial charge in [0, 0.05) is 10.0 Å². The van der Waals surface area contributed by atoms with E-state index in [0.29, 0.717) is 26.2 Å². The van der Waals surface area contributed by atoms with E-state index in [1.54, 1.807) is 30.3 Å². The quantitative estimate of drug-likeness (QED) is 0.169. The number of nitrogens with one attached hydrogen (secondary N) is 1. The fourth-order valence-electron chi connectivity index (χ4n) is 3.19. The van der Waals surface area contributed by atoms with Crippen LogP contribution in [0.2, 0.25) is 0 Å². The smallest absolute Gasteiger partial charge is 0.266 e. The highest BCUT2D eigenvalue weighted by Crippen LogP contribution is 2.23. The highest BCUT2D eigenvalue weighted by molar-refractivity contribution is 9.10. The summed E-state index contributed by atoms with van der Waals surface area (Å²) in [7, 11) is 0. The van der Waals surface area contributed by atoms with E-state index in [9.17, 15) is 14.0 Å². The number of hydrogen-bond acceptors (Lipinski definition) is 5. The second kappa shape index (κ2) is 10.1. The molecule has 1 aromatic heterocycles. The lowest BCUT2D eigenvalue weighted by molar-refractivity contribution is -0.118. The second-order valence-corrected chi connectivity index (χ2v) is 8.94. The van der Waals surface area contributed by atoms with Crippen LogP contribution in [0.5, 0.6) is 0 Å². The molecule has 1 heterocycles. The van der Waals surface area contributed by atoms with Gasteiger partial charge in [0.2, 0.25) is 0 Å². The first-order valence-corrected chi connectivity index (χ1v) is 11.7. The van der Waals surface area contributed by atoms with Crippen molar-refractivity contribution in [2.24, 2.45) is 5.10 Å². The van der Waals surface area contributed by atoms with Crippen molar-refractivity contribution in [1.29, 1.82) is 0 Å². The predicted octanol–water partition coefficient (Wildman–Crippen LogP) is 4.84. The van der Waals surface area contributed by atoms with E-state index in [1.807, 2.05) is 37.3 Å². The van der Waals surface area contributed by atoms with Crippen molar-refractivity contribution in [2.45, 2.75) is 12.1 Å². The number of para-hydroxylation sites is 2. The van der Waals surface area contributed by atoms with Crippen LogP contribution in [0.4, 0.5) is 4.39 Å². The van der Waals surface area contributed by atoms with Crippen LogP contribution in [0.1, 0.15) is 11.1 Å². The number of benzene rings is 3. The van der Waals surface area contributed by atoms with Crippen LogP contribution in [0.3, 0.4) is 0 Å². The molecule has 4 aromatic rings. The third kappa shape index (κ3) is 5.20. The number of fused-ring (bicyclic) bond motifs is 1. The molecule has 0 spiro atoms. The number of rotatable bonds is 6. The topological polar surface area (TPSA) is 76.3 Å². The van der Waals surface area contributed by atoms with Gasteiger partial charge >= 0.3 is 0 Å². The van der Waals surface area contributed by atoms with Crippen LogP contribution >= 0.6 is 27.7 Å². The molecule has 0 atom stereocenters. The van der Waals surface area contributed by atoms with Gasteiger partial charge in [-0.25, -0.2) is 14.8 Å². The molecule has 1 amide bonds. The summed E-state index contributed by atoms with van der Waals surface area (Å²) in [4.78, 5) is 30.3. The van der Waals surface area contributed by atoms with Crippen molar-refractivity contribution in [3.05, 3.63) is 98.5 Å². The Morgan fingerprint density at radius 1 is 1.18 bits per heavy atom. The molecule has 166 valence electrons. The lowest BCUT2D eigenvalue weighted by Gasteiger charge is -2.14. The van der Waals surface area contributed by atoms with E-state index in [0.717, 1.165) is 17.3 Å². The molecule has 0 saturated heterocycles. The van der Waals surface area contributed by atoms with Crippen LogP contribution in [0.25, 0.3) is 16.6 Å². The van der Waals surface area contributed by atoms with Crippen molar-refractivity contribution in [3.8, 4) is 5.69 Å². The standard InChI is InChI=1S/C24H18BrFN4O2S/c1-15-6-2-5-9-21(15)30-23(32)18-7-3-4-8-20(18)28-24(30)33-14-22(31)29-27-13-16-12-17(25)10-11-19(16)26/h2-13H,14H2,1H3,(H,29,31)/b27-13-. The highest BCUT2D eigenvalue weighted by Gasteiger charge is 2.15. The van der Waals surface area contributed by atoms with Crippen molar-refractivity contribution >= 4 is 50.7 Å². The molecule has 1 N–H and O–H groups in total. The maximum Gasteiger partial charge on any atom is 0.266 e. The fourth-order valence-corrected chi connectivity index (χ4v) is 4.36. The van der Waals surface area contributed by atoms with E-state index >= 15 is 0 Å². The van der Waals surface area contributed by atoms with Crippen LogP contribution in [-0.2, 0) is 4.79 Å². The third-order valence-electron chi connectivity index (χ3n) is 4.78. The van der Waals surface area contributed by atoms with Gasteiger partial charge < -0.3 is 0 Å².